The molecule has 18 heavy (non-hydrogen) atoms. The van der Waals surface area contributed by atoms with Crippen LogP contribution in [0.25, 0.3) is 0 Å². The lowest BCUT2D eigenvalue weighted by Crippen LogP contribution is -2.32. The monoisotopic (exact) mass is 274 g/mol. The molecular weight excluding hydrogens is 256 g/mol. The number of carbonyl (C=O) groups is 1. The quantitative estimate of drug-likeness (QED) is 0.811. The number of hydrogen-bond acceptors (Lipinski definition) is 6. The van der Waals surface area contributed by atoms with Crippen molar-refractivity contribution in [1.82, 2.24) is 4.98 Å². The SMILES string of the molecule is COCc1nc(N(C)C(C)COC)sc1C(=O)O. The zero-order valence-electron chi connectivity index (χ0n) is 11.0. The highest BCUT2D eigenvalue weighted by molar-refractivity contribution is 7.17. The van der Waals surface area contributed by atoms with Crippen molar-refractivity contribution >= 4 is 22.4 Å². The summed E-state index contributed by atoms with van der Waals surface area (Å²) in [4.78, 5) is 17.5. The minimum atomic E-state index is -0.974. The minimum Gasteiger partial charge on any atom is -0.477 e. The van der Waals surface area contributed by atoms with Crippen molar-refractivity contribution in [3.63, 3.8) is 0 Å². The van der Waals surface area contributed by atoms with E-state index in [0.29, 0.717) is 17.4 Å². The van der Waals surface area contributed by atoms with Gasteiger partial charge in [0.15, 0.2) is 5.13 Å². The molecule has 1 heterocycles. The summed E-state index contributed by atoms with van der Waals surface area (Å²) >= 11 is 1.15. The third kappa shape index (κ3) is 3.41. The van der Waals surface area contributed by atoms with Gasteiger partial charge in [-0.05, 0) is 6.92 Å². The Hall–Kier alpha value is -1.18. The summed E-state index contributed by atoms with van der Waals surface area (Å²) in [6.07, 6.45) is 0. The smallest absolute Gasteiger partial charge is 0.347 e. The second-order valence-corrected chi connectivity index (χ2v) is 4.90. The van der Waals surface area contributed by atoms with E-state index in [4.69, 9.17) is 14.6 Å². The van der Waals surface area contributed by atoms with E-state index in [1.165, 1.54) is 7.11 Å². The topological polar surface area (TPSA) is 71.9 Å². The number of carboxylic acid groups (broad SMARTS) is 1. The molecule has 6 nitrogen and oxygen atoms in total. The van der Waals surface area contributed by atoms with Crippen molar-refractivity contribution < 1.29 is 19.4 Å². The molecule has 1 aromatic heterocycles. The summed E-state index contributed by atoms with van der Waals surface area (Å²) in [5, 5.41) is 9.76. The zero-order valence-corrected chi connectivity index (χ0v) is 11.8. The molecule has 0 saturated carbocycles. The van der Waals surface area contributed by atoms with Crippen LogP contribution < -0.4 is 4.90 Å². The van der Waals surface area contributed by atoms with Crippen LogP contribution in [0.3, 0.4) is 0 Å². The first kappa shape index (κ1) is 14.9. The van der Waals surface area contributed by atoms with Crippen LogP contribution in [-0.2, 0) is 16.1 Å². The van der Waals surface area contributed by atoms with Crippen molar-refractivity contribution in [2.45, 2.75) is 19.6 Å². The lowest BCUT2D eigenvalue weighted by Gasteiger charge is -2.23. The number of likely N-dealkylation sites (N-methyl/N-ethyl adjacent to an activating group) is 1. The van der Waals surface area contributed by atoms with Gasteiger partial charge < -0.3 is 19.5 Å². The van der Waals surface area contributed by atoms with Crippen LogP contribution in [-0.4, -0.2) is 50.0 Å². The maximum absolute atomic E-state index is 11.1. The second kappa shape index (κ2) is 6.67. The number of aromatic nitrogens is 1. The molecule has 0 aliphatic rings. The van der Waals surface area contributed by atoms with Crippen molar-refractivity contribution in [2.24, 2.45) is 0 Å². The fourth-order valence-electron chi connectivity index (χ4n) is 1.43. The fraction of sp³-hybridized carbons (Fsp3) is 0.636. The Bertz CT molecular complexity index is 408. The van der Waals surface area contributed by atoms with E-state index < -0.39 is 5.97 Å². The van der Waals surface area contributed by atoms with E-state index in [9.17, 15) is 4.79 Å². The van der Waals surface area contributed by atoms with Crippen molar-refractivity contribution in [3.8, 4) is 0 Å². The molecule has 0 spiro atoms. The maximum atomic E-state index is 11.1. The van der Waals surface area contributed by atoms with Gasteiger partial charge in [-0.2, -0.15) is 0 Å². The lowest BCUT2D eigenvalue weighted by atomic mass is 10.3. The first-order valence-electron chi connectivity index (χ1n) is 5.45. The molecule has 0 saturated heterocycles. The summed E-state index contributed by atoms with van der Waals surface area (Å²) in [5.41, 5.74) is 0.460. The Labute approximate surface area is 110 Å². The molecule has 1 N–H and O–H groups in total. The van der Waals surface area contributed by atoms with Crippen LogP contribution >= 0.6 is 11.3 Å². The van der Waals surface area contributed by atoms with Crippen LogP contribution in [0.1, 0.15) is 22.3 Å². The van der Waals surface area contributed by atoms with E-state index in [2.05, 4.69) is 4.98 Å². The number of nitrogens with zero attached hydrogens (tertiary/aromatic N) is 2. The van der Waals surface area contributed by atoms with Crippen LogP contribution in [0, 0.1) is 0 Å². The number of anilines is 1. The predicted molar refractivity (Wildman–Crippen MR) is 69.5 cm³/mol. The van der Waals surface area contributed by atoms with Crippen molar-refractivity contribution in [2.75, 3.05) is 32.8 Å². The molecule has 0 fully saturated rings. The zero-order chi connectivity index (χ0) is 13.7. The normalized spacial score (nSPS) is 12.4. The molecule has 0 radical (unpaired) electrons. The number of ether oxygens (including phenoxy) is 2. The summed E-state index contributed by atoms with van der Waals surface area (Å²) in [6.45, 7) is 2.74. The lowest BCUT2D eigenvalue weighted by molar-refractivity contribution is 0.0697. The van der Waals surface area contributed by atoms with E-state index in [1.807, 2.05) is 18.9 Å². The van der Waals surface area contributed by atoms with Gasteiger partial charge in [-0.1, -0.05) is 11.3 Å². The van der Waals surface area contributed by atoms with Gasteiger partial charge in [-0.25, -0.2) is 9.78 Å². The molecule has 0 amide bonds. The highest BCUT2D eigenvalue weighted by atomic mass is 32.1. The van der Waals surface area contributed by atoms with E-state index in [0.717, 1.165) is 11.3 Å². The molecular formula is C11H18N2O4S. The van der Waals surface area contributed by atoms with Crippen LogP contribution in [0.5, 0.6) is 0 Å². The highest BCUT2D eigenvalue weighted by Crippen LogP contribution is 2.27. The van der Waals surface area contributed by atoms with Crippen molar-refractivity contribution in [1.29, 1.82) is 0 Å². The largest absolute Gasteiger partial charge is 0.477 e. The van der Waals surface area contributed by atoms with Gasteiger partial charge in [0, 0.05) is 21.3 Å². The average molecular weight is 274 g/mol. The van der Waals surface area contributed by atoms with Gasteiger partial charge in [-0.15, -0.1) is 0 Å². The van der Waals surface area contributed by atoms with Gasteiger partial charge in [-0.3, -0.25) is 0 Å². The Kier molecular flexibility index (Phi) is 5.52. The van der Waals surface area contributed by atoms with Gasteiger partial charge in [0.05, 0.1) is 24.9 Å². The van der Waals surface area contributed by atoms with Crippen molar-refractivity contribution in [3.05, 3.63) is 10.6 Å². The van der Waals surface area contributed by atoms with Gasteiger partial charge >= 0.3 is 5.97 Å². The average Bonchev–Trinajstić information content (AvgIpc) is 2.73. The molecule has 0 aliphatic heterocycles. The maximum Gasteiger partial charge on any atom is 0.347 e. The molecule has 1 atom stereocenters. The second-order valence-electron chi connectivity index (χ2n) is 3.93. The standard InChI is InChI=1S/C11H18N2O4S/c1-7(5-16-3)13(2)11-12-8(6-17-4)9(18-11)10(14)15/h7H,5-6H2,1-4H3,(H,14,15). The summed E-state index contributed by atoms with van der Waals surface area (Å²) < 4.78 is 10.0. The van der Waals surface area contributed by atoms with E-state index >= 15 is 0 Å². The number of rotatable bonds is 7. The molecule has 1 rings (SSSR count). The molecule has 0 aromatic carbocycles. The number of methoxy groups -OCH3 is 2. The molecule has 0 bridgehead atoms. The highest BCUT2D eigenvalue weighted by Gasteiger charge is 2.21. The number of thiazole rings is 1. The third-order valence-corrected chi connectivity index (χ3v) is 3.71. The molecule has 1 aromatic rings. The Balaban J connectivity index is 2.96. The third-order valence-electron chi connectivity index (χ3n) is 2.53. The van der Waals surface area contributed by atoms with Crippen LogP contribution in [0.15, 0.2) is 0 Å². The summed E-state index contributed by atoms with van der Waals surface area (Å²) in [7, 11) is 5.01. The van der Waals surface area contributed by atoms with E-state index in [1.54, 1.807) is 7.11 Å². The molecule has 1 unspecified atom stereocenters. The summed E-state index contributed by atoms with van der Waals surface area (Å²) in [5.74, 6) is -0.974. The molecule has 0 aliphatic carbocycles. The fourth-order valence-corrected chi connectivity index (χ4v) is 2.41. The van der Waals surface area contributed by atoms with Crippen LogP contribution in [0.4, 0.5) is 5.13 Å². The van der Waals surface area contributed by atoms with Gasteiger partial charge in [0.1, 0.15) is 4.88 Å². The Morgan fingerprint density at radius 1 is 1.50 bits per heavy atom. The Morgan fingerprint density at radius 3 is 2.67 bits per heavy atom. The molecule has 7 heteroatoms. The number of hydrogen-bond donors (Lipinski definition) is 1. The minimum absolute atomic E-state index is 0.123. The first-order chi connectivity index (χ1) is 8.51. The summed E-state index contributed by atoms with van der Waals surface area (Å²) in [6, 6.07) is 0.123. The predicted octanol–water partition coefficient (Wildman–Crippen LogP) is 1.46. The van der Waals surface area contributed by atoms with Gasteiger partial charge in [0.2, 0.25) is 0 Å². The van der Waals surface area contributed by atoms with E-state index in [-0.39, 0.29) is 17.5 Å². The molecule has 102 valence electrons. The Morgan fingerprint density at radius 2 is 2.17 bits per heavy atom. The number of aromatic carboxylic acids is 1. The van der Waals surface area contributed by atoms with Crippen LogP contribution in [0.2, 0.25) is 0 Å². The first-order valence-corrected chi connectivity index (χ1v) is 6.26. The van der Waals surface area contributed by atoms with Gasteiger partial charge in [0.25, 0.3) is 0 Å². The number of carboxylic acids is 1.